The molecule has 1 atom stereocenters. The molecule has 0 amide bonds. The van der Waals surface area contributed by atoms with Crippen molar-refractivity contribution in [2.75, 3.05) is 20.4 Å². The Morgan fingerprint density at radius 2 is 0.855 bits per heavy atom. The average Bonchev–Trinajstić information content (AvgIpc) is 3.44. The van der Waals surface area contributed by atoms with Crippen LogP contribution in [0.2, 0.25) is 0 Å². The molecular formula is C70H91O11P2+. The molecule has 2 saturated carbocycles. The van der Waals surface area contributed by atoms with Gasteiger partial charge in [-0.2, -0.15) is 0 Å². The SMILES string of the molecule is C.C.COc1cccc(OC)c1C(=O)[P+](=O)CCCC(C)(C)C.Cc1cc(C)c(C(=O)P(=O)(C(=O)c2c(C)cc(C)cc2C)c2ccccc2)c(C)c1.O=C(c1ccccc1)C1(O)CCCCC1.O=C(c1ccccc1)C1(O)CCCCC1. The minimum absolute atomic E-state index is 0. The van der Waals surface area contributed by atoms with Crippen LogP contribution < -0.4 is 14.8 Å². The largest absolute Gasteiger partial charge is 0.496 e. The van der Waals surface area contributed by atoms with Crippen molar-refractivity contribution in [3.8, 4) is 11.5 Å². The van der Waals surface area contributed by atoms with E-state index in [1.54, 1.807) is 72.8 Å². The summed E-state index contributed by atoms with van der Waals surface area (Å²) < 4.78 is 37.1. The zero-order valence-electron chi connectivity index (χ0n) is 49.4. The number of ketones is 2. The second-order valence-electron chi connectivity index (χ2n) is 22.8. The maximum atomic E-state index is 14.5. The summed E-state index contributed by atoms with van der Waals surface area (Å²) in [5, 5.41) is 20.8. The van der Waals surface area contributed by atoms with E-state index in [1.807, 2.05) is 102 Å². The third-order valence-electron chi connectivity index (χ3n) is 14.9. The normalized spacial score (nSPS) is 14.3. The summed E-state index contributed by atoms with van der Waals surface area (Å²) in [7, 11) is -3.11. The molecule has 0 aromatic heterocycles. The van der Waals surface area contributed by atoms with Crippen LogP contribution in [0.3, 0.4) is 0 Å². The van der Waals surface area contributed by atoms with Gasteiger partial charge < -0.3 is 24.3 Å². The van der Waals surface area contributed by atoms with E-state index >= 15 is 0 Å². The van der Waals surface area contributed by atoms with Crippen LogP contribution in [0.4, 0.5) is 0 Å². The zero-order chi connectivity index (χ0) is 59.7. The third kappa shape index (κ3) is 18.5. The fraction of sp³-hybridized carbons (Fsp3) is 0.414. The lowest BCUT2D eigenvalue weighted by molar-refractivity contribution is 0.0116. The topological polar surface area (TPSA) is 178 Å². The maximum absolute atomic E-state index is 14.5. The fourth-order valence-electron chi connectivity index (χ4n) is 10.8. The molecule has 13 heteroatoms. The predicted octanol–water partition coefficient (Wildman–Crippen LogP) is 17.1. The lowest BCUT2D eigenvalue weighted by Gasteiger charge is -2.30. The number of ether oxygens (including phenoxy) is 2. The first-order valence-electron chi connectivity index (χ1n) is 28.1. The quantitative estimate of drug-likeness (QED) is 0.0696. The molecule has 446 valence electrons. The number of Topliss-reactive ketones (excluding diaryl/α,β-unsaturated/α-hetero) is 2. The summed E-state index contributed by atoms with van der Waals surface area (Å²) in [6, 6.07) is 39.3. The number of carbonyl (C=O) groups excluding carboxylic acids is 5. The highest BCUT2D eigenvalue weighted by Crippen LogP contribution is 2.53. The van der Waals surface area contributed by atoms with Gasteiger partial charge in [0.05, 0.1) is 14.2 Å². The van der Waals surface area contributed by atoms with Gasteiger partial charge in [0.2, 0.25) is 18.2 Å². The predicted molar refractivity (Wildman–Crippen MR) is 340 cm³/mol. The Hall–Kier alpha value is -6.48. The summed E-state index contributed by atoms with van der Waals surface area (Å²) in [5.74, 6) is 0.586. The lowest BCUT2D eigenvalue weighted by atomic mass is 9.79. The smallest absolute Gasteiger partial charge is 0.420 e. The highest BCUT2D eigenvalue weighted by atomic mass is 31.2. The molecule has 83 heavy (non-hydrogen) atoms. The van der Waals surface area contributed by atoms with Gasteiger partial charge in [0.15, 0.2) is 23.3 Å². The maximum Gasteiger partial charge on any atom is 0.420 e. The van der Waals surface area contributed by atoms with Crippen molar-refractivity contribution in [3.05, 3.63) is 195 Å². The van der Waals surface area contributed by atoms with Gasteiger partial charge in [0.25, 0.3) is 0 Å². The first-order valence-corrected chi connectivity index (χ1v) is 31.2. The molecule has 11 nitrogen and oxygen atoms in total. The zero-order valence-corrected chi connectivity index (χ0v) is 51.1. The molecular weight excluding hydrogens is 1080 g/mol. The van der Waals surface area contributed by atoms with Gasteiger partial charge in [0, 0.05) is 27.6 Å². The number of methoxy groups -OCH3 is 2. The first kappa shape index (κ1) is 70.8. The number of rotatable bonds is 16. The Morgan fingerprint density at radius 1 is 0.518 bits per heavy atom. The van der Waals surface area contributed by atoms with E-state index in [-0.39, 0.29) is 42.7 Å². The molecule has 2 aliphatic carbocycles. The Kier molecular flexibility index (Phi) is 27.3. The minimum Gasteiger partial charge on any atom is -0.496 e. The van der Waals surface area contributed by atoms with E-state index in [0.29, 0.717) is 65.6 Å². The van der Waals surface area contributed by atoms with Gasteiger partial charge >= 0.3 is 13.3 Å². The van der Waals surface area contributed by atoms with Crippen LogP contribution in [0, 0.1) is 47.0 Å². The van der Waals surface area contributed by atoms with Gasteiger partial charge in [-0.25, -0.2) is 4.79 Å². The summed E-state index contributed by atoms with van der Waals surface area (Å²) in [4.78, 5) is 64.2. The molecule has 0 spiro atoms. The van der Waals surface area contributed by atoms with Crippen LogP contribution in [0.25, 0.3) is 0 Å². The third-order valence-corrected chi connectivity index (χ3v) is 18.9. The number of benzene rings is 6. The molecule has 6 aromatic carbocycles. The molecule has 0 bridgehead atoms. The van der Waals surface area contributed by atoms with Crippen molar-refractivity contribution in [2.45, 2.75) is 165 Å². The lowest BCUT2D eigenvalue weighted by Crippen LogP contribution is -2.40. The van der Waals surface area contributed by atoms with Gasteiger partial charge in [-0.05, 0) is 120 Å². The molecule has 6 aromatic rings. The molecule has 0 aliphatic heterocycles. The van der Waals surface area contributed by atoms with Gasteiger partial charge in [-0.15, -0.1) is 0 Å². The van der Waals surface area contributed by atoms with Crippen molar-refractivity contribution in [1.82, 2.24) is 0 Å². The number of aliphatic hydroxyl groups is 2. The Balaban J connectivity index is 0.000000300. The number of aryl methyl sites for hydroxylation is 6. The highest BCUT2D eigenvalue weighted by molar-refractivity contribution is 8.01. The van der Waals surface area contributed by atoms with Crippen LogP contribution in [0.1, 0.15) is 198 Å². The van der Waals surface area contributed by atoms with Crippen molar-refractivity contribution < 1.29 is 52.8 Å². The Morgan fingerprint density at radius 3 is 1.18 bits per heavy atom. The Labute approximate surface area is 496 Å². The van der Waals surface area contributed by atoms with E-state index in [1.165, 1.54) is 14.2 Å². The summed E-state index contributed by atoms with van der Waals surface area (Å²) in [6.45, 7) is 17.6. The standard InChI is InChI=1S/C26H27O3P.C16H24O4P.2C13H16O2.2CH4/c1-16-12-18(3)23(19(4)13-16)25(27)30(29,22-10-8-7-9-11-22)26(28)24-20(5)14-17(2)15-21(24)6;1-16(2,3)10-7-11-21(18)15(17)14-12(19-4)8-6-9-13(14)20-5;2*14-12(11-7-3-1-4-8-11)13(15)9-5-2-6-10-13;;/h7-15H,1-6H3;6,8-9H,7,10-11H2,1-5H3;2*1,3-4,7-8,15H,2,5-6,9-10H2;2*1H4/q;+1;;;;. The van der Waals surface area contributed by atoms with E-state index < -0.39 is 42.7 Å². The van der Waals surface area contributed by atoms with Crippen molar-refractivity contribution in [3.63, 3.8) is 0 Å². The highest BCUT2D eigenvalue weighted by Gasteiger charge is 2.45. The number of hydrogen-bond donors (Lipinski definition) is 2. The van der Waals surface area contributed by atoms with Crippen LogP contribution in [0.5, 0.6) is 11.5 Å². The summed E-state index contributed by atoms with van der Waals surface area (Å²) in [5.41, 5.74) is 3.68. The fourth-order valence-corrected chi connectivity index (χ4v) is 14.5. The van der Waals surface area contributed by atoms with Crippen LogP contribution in [-0.2, 0) is 9.13 Å². The minimum atomic E-state index is -4.11. The first-order chi connectivity index (χ1) is 38.3. The molecule has 0 saturated heterocycles. The van der Waals surface area contributed by atoms with E-state index in [0.717, 1.165) is 84.7 Å². The van der Waals surface area contributed by atoms with Gasteiger partial charge in [0.1, 0.15) is 22.7 Å². The number of hydrogen-bond acceptors (Lipinski definition) is 11. The summed E-state index contributed by atoms with van der Waals surface area (Å²) >= 11 is 0. The van der Waals surface area contributed by atoms with Gasteiger partial charge in [-0.3, -0.25) is 19.2 Å². The number of carbonyl (C=O) groups is 5. The van der Waals surface area contributed by atoms with Gasteiger partial charge in [-0.1, -0.05) is 211 Å². The van der Waals surface area contributed by atoms with Crippen LogP contribution >= 0.6 is 14.9 Å². The van der Waals surface area contributed by atoms with Crippen molar-refractivity contribution >= 4 is 48.4 Å². The van der Waals surface area contributed by atoms with Crippen LogP contribution in [0.15, 0.2) is 133 Å². The van der Waals surface area contributed by atoms with E-state index in [2.05, 4.69) is 20.8 Å². The van der Waals surface area contributed by atoms with E-state index in [9.17, 15) is 43.3 Å². The molecule has 8 rings (SSSR count). The second-order valence-corrected chi connectivity index (χ2v) is 26.9. The second kappa shape index (κ2) is 32.0. The molecule has 0 heterocycles. The van der Waals surface area contributed by atoms with Crippen LogP contribution in [-0.4, -0.2) is 69.9 Å². The Bertz CT molecular complexity index is 2990. The van der Waals surface area contributed by atoms with Crippen molar-refractivity contribution in [1.29, 1.82) is 0 Å². The average molecular weight is 1170 g/mol. The molecule has 2 N–H and O–H groups in total. The molecule has 0 radical (unpaired) electrons. The monoisotopic (exact) mass is 1170 g/mol. The molecule has 2 fully saturated rings. The molecule has 1 unspecified atom stereocenters. The van der Waals surface area contributed by atoms with Crippen molar-refractivity contribution in [2.24, 2.45) is 5.41 Å². The summed E-state index contributed by atoms with van der Waals surface area (Å²) in [6.07, 6.45) is 10.6. The molecule has 2 aliphatic rings. The van der Waals surface area contributed by atoms with E-state index in [4.69, 9.17) is 9.47 Å².